The van der Waals surface area contributed by atoms with Crippen LogP contribution >= 0.6 is 11.6 Å². The number of likely N-dealkylation sites (N-methyl/N-ethyl adjacent to an activating group) is 1. The molecule has 0 radical (unpaired) electrons. The smallest absolute Gasteiger partial charge is 0.243 e. The van der Waals surface area contributed by atoms with E-state index in [-0.39, 0.29) is 22.8 Å². The number of hydrogen-bond donors (Lipinski definition) is 1. The average Bonchev–Trinajstić information content (AvgIpc) is 2.90. The van der Waals surface area contributed by atoms with E-state index in [4.69, 9.17) is 11.6 Å². The molecule has 4 heterocycles. The number of fused-ring (bicyclic) bond motifs is 2. The van der Waals surface area contributed by atoms with E-state index in [2.05, 4.69) is 20.2 Å². The van der Waals surface area contributed by atoms with Gasteiger partial charge in [-0.05, 0) is 49.9 Å². The molecule has 5 rings (SSSR count). The van der Waals surface area contributed by atoms with Crippen molar-refractivity contribution in [3.05, 3.63) is 65.1 Å². The van der Waals surface area contributed by atoms with E-state index in [9.17, 15) is 14.0 Å². The molecular weight excluding hydrogens is 512 g/mol. The Kier molecular flexibility index (Phi) is 7.29. The summed E-state index contributed by atoms with van der Waals surface area (Å²) >= 11 is 5.74. The van der Waals surface area contributed by atoms with Crippen LogP contribution in [0.25, 0.3) is 11.1 Å². The van der Waals surface area contributed by atoms with Crippen molar-refractivity contribution < 1.29 is 18.4 Å². The number of nitrogens with zero attached hydrogens (tertiary/aromatic N) is 4. The molecule has 2 aliphatic rings. The summed E-state index contributed by atoms with van der Waals surface area (Å²) in [6, 6.07) is 9.85. The molecule has 2 unspecified atom stereocenters. The van der Waals surface area contributed by atoms with E-state index in [1.807, 2.05) is 0 Å². The summed E-state index contributed by atoms with van der Waals surface area (Å²) in [7, 11) is 1.68. The number of anilines is 3. The molecule has 38 heavy (non-hydrogen) atoms. The summed E-state index contributed by atoms with van der Waals surface area (Å²) in [6.07, 6.45) is 6.61. The number of aromatic nitrogens is 2. The normalized spacial score (nSPS) is 18.9. The van der Waals surface area contributed by atoms with Crippen molar-refractivity contribution in [2.45, 2.75) is 50.6 Å². The first-order chi connectivity index (χ1) is 18.3. The molecule has 2 saturated heterocycles. The number of piperidine rings is 1. The standard InChI is InChI=1S/C28H28ClF2N5O2/c1-16(15-37)27-20(7-4-10-32-27)26-23(13-24(34-28(26)31)36-18-5-3-6-19(36)12-18)35(2)14-25(38)33-17-8-9-21(29)22(30)11-17/h4,7-11,13,15-16,18-19H,3,5-6,12,14H2,1-2H3,(H,33,38)/t16-,18?,19?/m1/s1. The lowest BCUT2D eigenvalue weighted by molar-refractivity contribution is -0.115. The first-order valence-electron chi connectivity index (χ1n) is 12.6. The Morgan fingerprint density at radius 2 is 2.03 bits per heavy atom. The van der Waals surface area contributed by atoms with Crippen molar-refractivity contribution in [2.24, 2.45) is 0 Å². The van der Waals surface area contributed by atoms with Crippen molar-refractivity contribution >= 4 is 41.0 Å². The zero-order chi connectivity index (χ0) is 27.0. The van der Waals surface area contributed by atoms with Crippen LogP contribution < -0.4 is 15.1 Å². The third-order valence-corrected chi connectivity index (χ3v) is 7.66. The predicted molar refractivity (Wildman–Crippen MR) is 144 cm³/mol. The van der Waals surface area contributed by atoms with Crippen molar-refractivity contribution in [3.63, 3.8) is 0 Å². The van der Waals surface area contributed by atoms with Crippen LogP contribution in [-0.2, 0) is 9.59 Å². The van der Waals surface area contributed by atoms with Crippen molar-refractivity contribution in [3.8, 4) is 11.1 Å². The highest BCUT2D eigenvalue weighted by molar-refractivity contribution is 6.30. The molecular formula is C28H28ClF2N5O2. The van der Waals surface area contributed by atoms with Crippen LogP contribution in [0.15, 0.2) is 42.6 Å². The third kappa shape index (κ3) is 4.95. The minimum Gasteiger partial charge on any atom is -0.365 e. The van der Waals surface area contributed by atoms with Crippen LogP contribution in [-0.4, -0.2) is 47.8 Å². The summed E-state index contributed by atoms with van der Waals surface area (Å²) in [5.74, 6) is -1.80. The highest BCUT2D eigenvalue weighted by atomic mass is 35.5. The molecule has 2 bridgehead atoms. The molecule has 3 aromatic rings. The van der Waals surface area contributed by atoms with Gasteiger partial charge in [-0.25, -0.2) is 9.37 Å². The van der Waals surface area contributed by atoms with Gasteiger partial charge in [-0.15, -0.1) is 0 Å². The molecule has 0 aliphatic carbocycles. The Morgan fingerprint density at radius 1 is 1.26 bits per heavy atom. The number of nitrogens with one attached hydrogen (secondary N) is 1. The second-order valence-corrected chi connectivity index (χ2v) is 10.3. The fraction of sp³-hybridized carbons (Fsp3) is 0.357. The molecule has 1 N–H and O–H groups in total. The molecule has 2 aromatic heterocycles. The Balaban J connectivity index is 1.52. The number of hydrogen-bond acceptors (Lipinski definition) is 6. The number of pyridine rings is 2. The largest absolute Gasteiger partial charge is 0.365 e. The number of carbonyl (C=O) groups excluding carboxylic acids is 2. The molecule has 198 valence electrons. The molecule has 2 fully saturated rings. The van der Waals surface area contributed by atoms with Gasteiger partial charge in [0.25, 0.3) is 0 Å². The van der Waals surface area contributed by atoms with E-state index < -0.39 is 23.6 Å². The third-order valence-electron chi connectivity index (χ3n) is 7.35. The average molecular weight is 540 g/mol. The van der Waals surface area contributed by atoms with E-state index in [1.165, 1.54) is 12.1 Å². The number of halogens is 3. The van der Waals surface area contributed by atoms with Gasteiger partial charge >= 0.3 is 0 Å². The number of benzene rings is 1. The fourth-order valence-corrected chi connectivity index (χ4v) is 5.60. The van der Waals surface area contributed by atoms with Gasteiger partial charge in [0.05, 0.1) is 34.4 Å². The summed E-state index contributed by atoms with van der Waals surface area (Å²) in [5, 5.41) is 2.61. The predicted octanol–water partition coefficient (Wildman–Crippen LogP) is 5.58. The summed E-state index contributed by atoms with van der Waals surface area (Å²) in [6.45, 7) is 1.55. The van der Waals surface area contributed by atoms with Crippen molar-refractivity contribution in [1.29, 1.82) is 0 Å². The highest BCUT2D eigenvalue weighted by Crippen LogP contribution is 2.44. The molecule has 10 heteroatoms. The first kappa shape index (κ1) is 26.0. The molecule has 1 amide bonds. The zero-order valence-electron chi connectivity index (χ0n) is 21.1. The quantitative estimate of drug-likeness (QED) is 0.297. The summed E-state index contributed by atoms with van der Waals surface area (Å²) in [4.78, 5) is 37.0. The van der Waals surface area contributed by atoms with Crippen molar-refractivity contribution in [2.75, 3.05) is 28.7 Å². The summed E-state index contributed by atoms with van der Waals surface area (Å²) < 4.78 is 29.8. The van der Waals surface area contributed by atoms with Gasteiger partial charge in [0.2, 0.25) is 11.9 Å². The Labute approximate surface area is 224 Å². The number of rotatable bonds is 8. The van der Waals surface area contributed by atoms with Crippen molar-refractivity contribution in [1.82, 2.24) is 9.97 Å². The van der Waals surface area contributed by atoms with Gasteiger partial charge in [0, 0.05) is 42.6 Å². The van der Waals surface area contributed by atoms with Gasteiger partial charge in [0.15, 0.2) is 0 Å². The minimum atomic E-state index is -0.693. The lowest BCUT2D eigenvalue weighted by atomic mass is 9.79. The number of amides is 1. The van der Waals surface area contributed by atoms with Crippen LogP contribution in [0, 0.1) is 11.8 Å². The fourth-order valence-electron chi connectivity index (χ4n) is 5.48. The lowest BCUT2D eigenvalue weighted by Gasteiger charge is -2.53. The molecule has 1 aromatic carbocycles. The second kappa shape index (κ2) is 10.6. The maximum absolute atomic E-state index is 15.9. The van der Waals surface area contributed by atoms with Crippen LogP contribution in [0.1, 0.15) is 44.2 Å². The van der Waals surface area contributed by atoms with E-state index >= 15 is 4.39 Å². The molecule has 2 aliphatic heterocycles. The van der Waals surface area contributed by atoms with Crippen LogP contribution in [0.5, 0.6) is 0 Å². The minimum absolute atomic E-state index is 0.0443. The van der Waals surface area contributed by atoms with E-state index in [0.29, 0.717) is 34.8 Å². The Hall–Kier alpha value is -3.59. The van der Waals surface area contributed by atoms with Crippen LogP contribution in [0.2, 0.25) is 5.02 Å². The molecule has 0 spiro atoms. The van der Waals surface area contributed by atoms with Gasteiger partial charge in [-0.2, -0.15) is 4.39 Å². The molecule has 0 saturated carbocycles. The lowest BCUT2D eigenvalue weighted by Crippen LogP contribution is -2.59. The van der Waals surface area contributed by atoms with E-state index in [0.717, 1.165) is 38.0 Å². The van der Waals surface area contributed by atoms with Gasteiger partial charge < -0.3 is 19.9 Å². The summed E-state index contributed by atoms with van der Waals surface area (Å²) in [5.41, 5.74) is 1.74. The van der Waals surface area contributed by atoms with E-state index in [1.54, 1.807) is 43.3 Å². The van der Waals surface area contributed by atoms with Gasteiger partial charge in [-0.1, -0.05) is 24.6 Å². The maximum atomic E-state index is 15.9. The SMILES string of the molecule is C[C@H](C=O)c1ncccc1-c1c(N(C)CC(=O)Nc2ccc(Cl)c(F)c2)cc(N2C3CCCC2C3)nc1F. The number of aldehydes is 1. The van der Waals surface area contributed by atoms with Gasteiger partial charge in [0.1, 0.15) is 17.9 Å². The maximum Gasteiger partial charge on any atom is 0.243 e. The first-order valence-corrected chi connectivity index (χ1v) is 13.0. The Bertz CT molecular complexity index is 1370. The number of carbonyl (C=O) groups is 2. The van der Waals surface area contributed by atoms with Crippen LogP contribution in [0.4, 0.5) is 26.0 Å². The molecule has 7 nitrogen and oxygen atoms in total. The highest BCUT2D eigenvalue weighted by Gasteiger charge is 2.42. The Morgan fingerprint density at radius 3 is 2.71 bits per heavy atom. The van der Waals surface area contributed by atoms with Gasteiger partial charge in [-0.3, -0.25) is 9.78 Å². The topological polar surface area (TPSA) is 78.4 Å². The van der Waals surface area contributed by atoms with Crippen LogP contribution in [0.3, 0.4) is 0 Å². The second-order valence-electron chi connectivity index (χ2n) is 9.94. The zero-order valence-corrected chi connectivity index (χ0v) is 21.9. The molecule has 3 atom stereocenters. The monoisotopic (exact) mass is 539 g/mol.